The van der Waals surface area contributed by atoms with Gasteiger partial charge in [0.2, 0.25) is 0 Å². The second kappa shape index (κ2) is 4.31. The molecule has 0 amide bonds. The van der Waals surface area contributed by atoms with Crippen LogP contribution in [0, 0.1) is 0 Å². The molecule has 0 spiro atoms. The summed E-state index contributed by atoms with van der Waals surface area (Å²) >= 11 is 6.17. The lowest BCUT2D eigenvalue weighted by molar-refractivity contribution is 0.261. The molecular weight excluding hydrogens is 234 g/mol. The van der Waals surface area contributed by atoms with Crippen LogP contribution in [0.1, 0.15) is 31.6 Å². The van der Waals surface area contributed by atoms with E-state index in [-0.39, 0.29) is 0 Å². The van der Waals surface area contributed by atoms with Crippen LogP contribution in [-0.2, 0) is 0 Å². The van der Waals surface area contributed by atoms with Crippen molar-refractivity contribution < 1.29 is 0 Å². The Morgan fingerprint density at radius 2 is 2.41 bits per heavy atom. The van der Waals surface area contributed by atoms with E-state index in [2.05, 4.69) is 27.4 Å². The summed E-state index contributed by atoms with van der Waals surface area (Å²) in [4.78, 5) is 7.06. The van der Waals surface area contributed by atoms with E-state index in [1.807, 2.05) is 18.3 Å². The number of hydrogen-bond donors (Lipinski definition) is 0. The van der Waals surface area contributed by atoms with Crippen LogP contribution >= 0.6 is 11.6 Å². The molecule has 1 aliphatic heterocycles. The number of pyridine rings is 1. The van der Waals surface area contributed by atoms with Crippen molar-refractivity contribution in [1.29, 1.82) is 0 Å². The van der Waals surface area contributed by atoms with E-state index in [1.165, 1.54) is 19.4 Å². The minimum absolute atomic E-state index is 0.445. The van der Waals surface area contributed by atoms with Crippen molar-refractivity contribution in [3.05, 3.63) is 35.4 Å². The second-order valence-electron chi connectivity index (χ2n) is 4.51. The van der Waals surface area contributed by atoms with Gasteiger partial charge in [-0.25, -0.2) is 4.98 Å². The van der Waals surface area contributed by atoms with E-state index >= 15 is 0 Å². The molecule has 3 nitrogen and oxygen atoms in total. The first kappa shape index (κ1) is 11.1. The highest BCUT2D eigenvalue weighted by molar-refractivity contribution is 6.33. The van der Waals surface area contributed by atoms with Crippen molar-refractivity contribution in [2.24, 2.45) is 0 Å². The number of likely N-dealkylation sites (tertiary alicyclic amines) is 1. The zero-order valence-electron chi connectivity index (χ0n) is 9.93. The SMILES string of the molecule is CCN1CCCC1c1ncc2c(Cl)cccn12. The van der Waals surface area contributed by atoms with Gasteiger partial charge in [0.05, 0.1) is 22.8 Å². The number of rotatable bonds is 2. The standard InChI is InChI=1S/C13H16ClN3/c1-2-16-7-4-6-11(16)13-15-9-12-10(14)5-3-8-17(12)13/h3,5,8-9,11H,2,4,6-7H2,1H3. The van der Waals surface area contributed by atoms with Crippen LogP contribution in [0.2, 0.25) is 5.02 Å². The summed E-state index contributed by atoms with van der Waals surface area (Å²) in [6, 6.07) is 4.33. The third-order valence-corrected chi connectivity index (χ3v) is 3.94. The molecule has 0 radical (unpaired) electrons. The Hall–Kier alpha value is -1.06. The van der Waals surface area contributed by atoms with Crippen LogP contribution in [0.4, 0.5) is 0 Å². The number of nitrogens with zero attached hydrogens (tertiary/aromatic N) is 3. The Morgan fingerprint density at radius 1 is 1.53 bits per heavy atom. The molecule has 2 aromatic rings. The van der Waals surface area contributed by atoms with Gasteiger partial charge in [-0.15, -0.1) is 0 Å². The minimum Gasteiger partial charge on any atom is -0.301 e. The molecule has 4 heteroatoms. The fourth-order valence-electron chi connectivity index (χ4n) is 2.75. The molecule has 1 unspecified atom stereocenters. The van der Waals surface area contributed by atoms with Gasteiger partial charge in [0.15, 0.2) is 0 Å². The molecule has 90 valence electrons. The minimum atomic E-state index is 0.445. The Kier molecular flexibility index (Phi) is 2.81. The lowest BCUT2D eigenvalue weighted by Gasteiger charge is -2.21. The van der Waals surface area contributed by atoms with Crippen molar-refractivity contribution in [2.75, 3.05) is 13.1 Å². The first-order valence-electron chi connectivity index (χ1n) is 6.16. The van der Waals surface area contributed by atoms with Gasteiger partial charge in [0.1, 0.15) is 5.82 Å². The molecule has 1 fully saturated rings. The van der Waals surface area contributed by atoms with Gasteiger partial charge in [0, 0.05) is 6.20 Å². The molecule has 2 aromatic heterocycles. The second-order valence-corrected chi connectivity index (χ2v) is 4.92. The molecule has 0 saturated carbocycles. The normalized spacial score (nSPS) is 21.4. The van der Waals surface area contributed by atoms with E-state index in [1.54, 1.807) is 0 Å². The molecule has 0 N–H and O–H groups in total. The Bertz CT molecular complexity index is 534. The van der Waals surface area contributed by atoms with E-state index in [0.717, 1.165) is 22.9 Å². The smallest absolute Gasteiger partial charge is 0.130 e. The number of fused-ring (bicyclic) bond motifs is 1. The van der Waals surface area contributed by atoms with E-state index in [4.69, 9.17) is 11.6 Å². The molecule has 0 aromatic carbocycles. The largest absolute Gasteiger partial charge is 0.301 e. The van der Waals surface area contributed by atoms with Crippen molar-refractivity contribution in [1.82, 2.24) is 14.3 Å². The monoisotopic (exact) mass is 249 g/mol. The van der Waals surface area contributed by atoms with Crippen LogP contribution in [0.25, 0.3) is 5.52 Å². The van der Waals surface area contributed by atoms with E-state index < -0.39 is 0 Å². The molecule has 1 aliphatic rings. The zero-order valence-corrected chi connectivity index (χ0v) is 10.7. The van der Waals surface area contributed by atoms with Crippen LogP contribution in [0.3, 0.4) is 0 Å². The molecule has 3 heterocycles. The van der Waals surface area contributed by atoms with Gasteiger partial charge in [-0.05, 0) is 38.1 Å². The molecule has 3 rings (SSSR count). The Labute approximate surface area is 106 Å². The number of halogens is 1. The molecule has 0 aliphatic carbocycles. The quantitative estimate of drug-likeness (QED) is 0.815. The maximum Gasteiger partial charge on any atom is 0.130 e. The number of aromatic nitrogens is 2. The zero-order chi connectivity index (χ0) is 11.8. The summed E-state index contributed by atoms with van der Waals surface area (Å²) < 4.78 is 2.13. The van der Waals surface area contributed by atoms with Gasteiger partial charge in [0.25, 0.3) is 0 Å². The topological polar surface area (TPSA) is 20.5 Å². The molecular formula is C13H16ClN3. The van der Waals surface area contributed by atoms with Crippen LogP contribution in [-0.4, -0.2) is 27.4 Å². The van der Waals surface area contributed by atoms with Crippen molar-refractivity contribution in [3.63, 3.8) is 0 Å². The van der Waals surface area contributed by atoms with E-state index in [0.29, 0.717) is 6.04 Å². The summed E-state index contributed by atoms with van der Waals surface area (Å²) in [6.07, 6.45) is 6.38. The van der Waals surface area contributed by atoms with Crippen molar-refractivity contribution in [3.8, 4) is 0 Å². The maximum atomic E-state index is 6.17. The van der Waals surface area contributed by atoms with Gasteiger partial charge in [-0.2, -0.15) is 0 Å². The fraction of sp³-hybridized carbons (Fsp3) is 0.462. The van der Waals surface area contributed by atoms with Gasteiger partial charge < -0.3 is 4.40 Å². The Morgan fingerprint density at radius 3 is 3.24 bits per heavy atom. The van der Waals surface area contributed by atoms with Crippen LogP contribution in [0.5, 0.6) is 0 Å². The summed E-state index contributed by atoms with van der Waals surface area (Å²) in [7, 11) is 0. The first-order valence-corrected chi connectivity index (χ1v) is 6.54. The van der Waals surface area contributed by atoms with Crippen LogP contribution < -0.4 is 0 Å². The van der Waals surface area contributed by atoms with Crippen molar-refractivity contribution >= 4 is 17.1 Å². The number of imidazole rings is 1. The van der Waals surface area contributed by atoms with Gasteiger partial charge >= 0.3 is 0 Å². The average molecular weight is 250 g/mol. The number of hydrogen-bond acceptors (Lipinski definition) is 2. The lowest BCUT2D eigenvalue weighted by Crippen LogP contribution is -2.24. The summed E-state index contributed by atoms with van der Waals surface area (Å²) in [5.74, 6) is 1.13. The van der Waals surface area contributed by atoms with Gasteiger partial charge in [-0.1, -0.05) is 18.5 Å². The Balaban J connectivity index is 2.09. The molecule has 1 atom stereocenters. The molecule has 0 bridgehead atoms. The third kappa shape index (κ3) is 1.74. The predicted octanol–water partition coefficient (Wildman–Crippen LogP) is 3.14. The van der Waals surface area contributed by atoms with Crippen molar-refractivity contribution in [2.45, 2.75) is 25.8 Å². The molecule has 1 saturated heterocycles. The summed E-state index contributed by atoms with van der Waals surface area (Å²) in [5.41, 5.74) is 1.01. The maximum absolute atomic E-state index is 6.17. The molecule has 17 heavy (non-hydrogen) atoms. The van der Waals surface area contributed by atoms with Gasteiger partial charge in [-0.3, -0.25) is 4.90 Å². The fourth-order valence-corrected chi connectivity index (χ4v) is 2.96. The first-order chi connectivity index (χ1) is 8.31. The highest BCUT2D eigenvalue weighted by atomic mass is 35.5. The lowest BCUT2D eigenvalue weighted by atomic mass is 10.2. The third-order valence-electron chi connectivity index (χ3n) is 3.62. The summed E-state index contributed by atoms with van der Waals surface area (Å²) in [5, 5.41) is 0.771. The van der Waals surface area contributed by atoms with Crippen LogP contribution in [0.15, 0.2) is 24.5 Å². The van der Waals surface area contributed by atoms with E-state index in [9.17, 15) is 0 Å². The predicted molar refractivity (Wildman–Crippen MR) is 69.4 cm³/mol. The highest BCUT2D eigenvalue weighted by Gasteiger charge is 2.27. The average Bonchev–Trinajstić information content (AvgIpc) is 2.94. The summed E-state index contributed by atoms with van der Waals surface area (Å²) in [6.45, 7) is 4.47. The highest BCUT2D eigenvalue weighted by Crippen LogP contribution is 2.32.